The lowest BCUT2D eigenvalue weighted by molar-refractivity contribution is -0.141. The SMILES string of the molecule is CCC(CO)NC(=O)C1CCN(Cc2cccc(NC(=O)c3cccc(C(F)(F)F)n3)c2)CC1. The summed E-state index contributed by atoms with van der Waals surface area (Å²) in [5.74, 6) is -0.820. The van der Waals surface area contributed by atoms with Crippen molar-refractivity contribution >= 4 is 17.5 Å². The van der Waals surface area contributed by atoms with Crippen LogP contribution in [0.4, 0.5) is 18.9 Å². The number of rotatable bonds is 8. The molecule has 0 aliphatic carbocycles. The second-order valence-electron chi connectivity index (χ2n) is 8.41. The molecule has 3 N–H and O–H groups in total. The number of carbonyl (C=O) groups excluding carboxylic acids is 2. The van der Waals surface area contributed by atoms with Crippen molar-refractivity contribution in [2.24, 2.45) is 5.92 Å². The molecule has 34 heavy (non-hydrogen) atoms. The number of carbonyl (C=O) groups is 2. The fourth-order valence-electron chi connectivity index (χ4n) is 3.87. The predicted octanol–water partition coefficient (Wildman–Crippen LogP) is 3.45. The molecule has 1 unspecified atom stereocenters. The number of likely N-dealkylation sites (tertiary alicyclic amines) is 1. The number of alkyl halides is 3. The molecule has 10 heteroatoms. The van der Waals surface area contributed by atoms with Crippen LogP contribution in [0.25, 0.3) is 0 Å². The topological polar surface area (TPSA) is 94.6 Å². The average Bonchev–Trinajstić information content (AvgIpc) is 2.82. The molecule has 184 valence electrons. The van der Waals surface area contributed by atoms with Gasteiger partial charge in [-0.15, -0.1) is 0 Å². The van der Waals surface area contributed by atoms with Gasteiger partial charge in [-0.25, -0.2) is 4.98 Å². The maximum absolute atomic E-state index is 12.9. The van der Waals surface area contributed by atoms with Crippen molar-refractivity contribution in [2.75, 3.05) is 25.0 Å². The van der Waals surface area contributed by atoms with Crippen LogP contribution in [0.15, 0.2) is 42.5 Å². The lowest BCUT2D eigenvalue weighted by Crippen LogP contribution is -2.44. The standard InChI is InChI=1S/C24H29F3N4O3/c1-2-18(15-32)28-22(33)17-9-11-31(12-10-17)14-16-5-3-6-19(13-16)29-23(34)20-7-4-8-21(30-20)24(25,26)27/h3-8,13,17-18,32H,2,9-12,14-15H2,1H3,(H,28,33)(H,29,34). The third kappa shape index (κ3) is 7.01. The van der Waals surface area contributed by atoms with Gasteiger partial charge >= 0.3 is 6.18 Å². The second kappa shape index (κ2) is 11.4. The summed E-state index contributed by atoms with van der Waals surface area (Å²) in [4.78, 5) is 30.4. The van der Waals surface area contributed by atoms with E-state index in [1.165, 1.54) is 6.07 Å². The average molecular weight is 479 g/mol. The number of halogens is 3. The largest absolute Gasteiger partial charge is 0.433 e. The van der Waals surface area contributed by atoms with Gasteiger partial charge in [0.2, 0.25) is 5.91 Å². The number of nitrogens with one attached hydrogen (secondary N) is 2. The molecule has 0 radical (unpaired) electrons. The molecule has 1 aliphatic rings. The first-order chi connectivity index (χ1) is 16.2. The molecule has 2 amide bonds. The van der Waals surface area contributed by atoms with E-state index in [1.807, 2.05) is 13.0 Å². The van der Waals surface area contributed by atoms with Crippen LogP contribution in [0.2, 0.25) is 0 Å². The fraction of sp³-hybridized carbons (Fsp3) is 0.458. The Hall–Kier alpha value is -2.98. The highest BCUT2D eigenvalue weighted by Crippen LogP contribution is 2.27. The molecule has 7 nitrogen and oxygen atoms in total. The van der Waals surface area contributed by atoms with E-state index in [9.17, 15) is 27.9 Å². The minimum Gasteiger partial charge on any atom is -0.394 e. The third-order valence-corrected chi connectivity index (χ3v) is 5.88. The number of benzene rings is 1. The summed E-state index contributed by atoms with van der Waals surface area (Å²) < 4.78 is 38.6. The number of anilines is 1. The van der Waals surface area contributed by atoms with Crippen LogP contribution < -0.4 is 10.6 Å². The van der Waals surface area contributed by atoms with Gasteiger partial charge in [-0.2, -0.15) is 13.2 Å². The van der Waals surface area contributed by atoms with Crippen molar-refractivity contribution in [3.05, 3.63) is 59.4 Å². The molecular formula is C24H29F3N4O3. The summed E-state index contributed by atoms with van der Waals surface area (Å²) in [6.07, 6.45) is -2.52. The smallest absolute Gasteiger partial charge is 0.394 e. The Balaban J connectivity index is 1.54. The monoisotopic (exact) mass is 478 g/mol. The third-order valence-electron chi connectivity index (χ3n) is 5.88. The van der Waals surface area contributed by atoms with Gasteiger partial charge in [0.15, 0.2) is 0 Å². The van der Waals surface area contributed by atoms with Crippen molar-refractivity contribution in [3.63, 3.8) is 0 Å². The first-order valence-electron chi connectivity index (χ1n) is 11.3. The molecule has 0 bridgehead atoms. The van der Waals surface area contributed by atoms with Crippen LogP contribution in [-0.2, 0) is 17.5 Å². The summed E-state index contributed by atoms with van der Waals surface area (Å²) in [7, 11) is 0. The first-order valence-corrected chi connectivity index (χ1v) is 11.3. The van der Waals surface area contributed by atoms with Gasteiger partial charge in [-0.1, -0.05) is 25.1 Å². The van der Waals surface area contributed by atoms with Gasteiger partial charge in [0.25, 0.3) is 5.91 Å². The Labute approximate surface area is 196 Å². The highest BCUT2D eigenvalue weighted by molar-refractivity contribution is 6.02. The van der Waals surface area contributed by atoms with Crippen molar-refractivity contribution in [1.29, 1.82) is 0 Å². The summed E-state index contributed by atoms with van der Waals surface area (Å²) in [6.45, 7) is 3.93. The van der Waals surface area contributed by atoms with E-state index in [2.05, 4.69) is 20.5 Å². The number of pyridine rings is 1. The Bertz CT molecular complexity index is 987. The Kier molecular flexibility index (Phi) is 8.62. The van der Waals surface area contributed by atoms with Gasteiger partial charge in [0, 0.05) is 18.2 Å². The number of aliphatic hydroxyl groups is 1. The molecule has 1 fully saturated rings. The normalized spacial score (nSPS) is 16.1. The number of nitrogens with zero attached hydrogens (tertiary/aromatic N) is 2. The van der Waals surface area contributed by atoms with E-state index in [0.717, 1.165) is 30.8 Å². The number of hydrogen-bond donors (Lipinski definition) is 3. The number of aromatic nitrogens is 1. The lowest BCUT2D eigenvalue weighted by atomic mass is 9.95. The van der Waals surface area contributed by atoms with Crippen LogP contribution in [0.1, 0.15) is 47.9 Å². The van der Waals surface area contributed by atoms with Crippen molar-refractivity contribution in [1.82, 2.24) is 15.2 Å². The van der Waals surface area contributed by atoms with Crippen LogP contribution in [-0.4, -0.2) is 52.5 Å². The zero-order valence-corrected chi connectivity index (χ0v) is 18.9. The molecule has 2 heterocycles. The highest BCUT2D eigenvalue weighted by Gasteiger charge is 2.33. The van der Waals surface area contributed by atoms with Crippen LogP contribution in [0.5, 0.6) is 0 Å². The van der Waals surface area contributed by atoms with Gasteiger partial charge in [-0.05, 0) is 62.2 Å². The summed E-state index contributed by atoms with van der Waals surface area (Å²) in [5, 5.41) is 14.8. The van der Waals surface area contributed by atoms with Gasteiger partial charge in [-0.3, -0.25) is 14.5 Å². The van der Waals surface area contributed by atoms with E-state index >= 15 is 0 Å². The maximum atomic E-state index is 12.9. The van der Waals surface area contributed by atoms with Crippen LogP contribution in [0.3, 0.4) is 0 Å². The van der Waals surface area contributed by atoms with E-state index in [1.54, 1.807) is 18.2 Å². The van der Waals surface area contributed by atoms with Gasteiger partial charge in [0.05, 0.1) is 12.6 Å². The number of piperidine rings is 1. The van der Waals surface area contributed by atoms with Crippen molar-refractivity contribution < 1.29 is 27.9 Å². The predicted molar refractivity (Wildman–Crippen MR) is 121 cm³/mol. The minimum absolute atomic E-state index is 0.0199. The van der Waals surface area contributed by atoms with Gasteiger partial charge in [0.1, 0.15) is 11.4 Å². The molecule has 1 aliphatic heterocycles. The molecule has 2 aromatic rings. The van der Waals surface area contributed by atoms with E-state index in [4.69, 9.17) is 0 Å². The second-order valence-corrected chi connectivity index (χ2v) is 8.41. The quantitative estimate of drug-likeness (QED) is 0.540. The highest BCUT2D eigenvalue weighted by atomic mass is 19.4. The minimum atomic E-state index is -4.62. The molecule has 0 spiro atoms. The summed E-state index contributed by atoms with van der Waals surface area (Å²) in [6, 6.07) is 10.1. The van der Waals surface area contributed by atoms with Gasteiger partial charge < -0.3 is 15.7 Å². The fourth-order valence-corrected chi connectivity index (χ4v) is 3.87. The zero-order valence-electron chi connectivity index (χ0n) is 18.9. The Morgan fingerprint density at radius 1 is 1.18 bits per heavy atom. The maximum Gasteiger partial charge on any atom is 0.433 e. The number of aliphatic hydroxyl groups excluding tert-OH is 1. The lowest BCUT2D eigenvalue weighted by Gasteiger charge is -2.32. The molecule has 1 aromatic heterocycles. The molecule has 1 atom stereocenters. The molecule has 0 saturated carbocycles. The zero-order chi connectivity index (χ0) is 24.7. The summed E-state index contributed by atoms with van der Waals surface area (Å²) in [5.41, 5.74) is -0.0331. The molecule has 1 aromatic carbocycles. The number of hydrogen-bond acceptors (Lipinski definition) is 5. The Morgan fingerprint density at radius 3 is 2.53 bits per heavy atom. The number of amides is 2. The van der Waals surface area contributed by atoms with Crippen LogP contribution >= 0.6 is 0 Å². The summed E-state index contributed by atoms with van der Waals surface area (Å²) >= 11 is 0. The van der Waals surface area contributed by atoms with Crippen LogP contribution in [0, 0.1) is 5.92 Å². The molecule has 1 saturated heterocycles. The van der Waals surface area contributed by atoms with E-state index in [-0.39, 0.29) is 30.2 Å². The molecular weight excluding hydrogens is 449 g/mol. The molecule has 3 rings (SSSR count). The van der Waals surface area contributed by atoms with Crippen molar-refractivity contribution in [3.8, 4) is 0 Å². The van der Waals surface area contributed by atoms with E-state index in [0.29, 0.717) is 31.5 Å². The van der Waals surface area contributed by atoms with E-state index < -0.39 is 17.8 Å². The van der Waals surface area contributed by atoms with Crippen molar-refractivity contribution in [2.45, 2.75) is 44.9 Å². The Morgan fingerprint density at radius 2 is 1.88 bits per heavy atom. The first kappa shape index (κ1) is 25.6.